The van der Waals surface area contributed by atoms with E-state index in [1.165, 1.54) is 18.2 Å². The fourth-order valence-corrected chi connectivity index (χ4v) is 2.96. The molecule has 0 bridgehead atoms. The first kappa shape index (κ1) is 17.8. The van der Waals surface area contributed by atoms with Crippen LogP contribution in [0, 0.1) is 0 Å². The van der Waals surface area contributed by atoms with Crippen molar-refractivity contribution in [1.82, 2.24) is 4.98 Å². The Morgan fingerprint density at radius 1 is 1.04 bits per heavy atom. The standard InChI is InChI=1S/C18H17NO8/c20-7-14-15(22)16(23)17(24)18(27-14)25-9-2-4-11-13(6-9)26-12-5-8(21)1-3-10(12)19-11/h1-6,14-18,20,22-24H,7H2/t14-,15-,16-,17-,18+/m0/s1. The van der Waals surface area contributed by atoms with Gasteiger partial charge >= 0.3 is 0 Å². The summed E-state index contributed by atoms with van der Waals surface area (Å²) in [6, 6.07) is 8.99. The van der Waals surface area contributed by atoms with Gasteiger partial charge in [0.1, 0.15) is 41.4 Å². The highest BCUT2D eigenvalue weighted by Gasteiger charge is 2.44. The number of fused-ring (bicyclic) bond motifs is 2. The van der Waals surface area contributed by atoms with Gasteiger partial charge in [-0.1, -0.05) is 0 Å². The van der Waals surface area contributed by atoms with Gasteiger partial charge in [0.2, 0.25) is 6.29 Å². The Balaban J connectivity index is 1.65. The zero-order valence-electron chi connectivity index (χ0n) is 13.9. The Hall–Kier alpha value is -2.56. The quantitative estimate of drug-likeness (QED) is 0.444. The average molecular weight is 375 g/mol. The van der Waals surface area contributed by atoms with Gasteiger partial charge in [-0.25, -0.2) is 4.98 Å². The molecule has 4 N–H and O–H groups in total. The third kappa shape index (κ3) is 3.27. The number of nitrogens with zero attached hydrogens (tertiary/aromatic N) is 1. The highest BCUT2D eigenvalue weighted by atomic mass is 16.7. The zero-order chi connectivity index (χ0) is 19.1. The predicted molar refractivity (Wildman–Crippen MR) is 91.3 cm³/mol. The summed E-state index contributed by atoms with van der Waals surface area (Å²) in [6.07, 6.45) is -6.90. The molecule has 1 aromatic rings. The van der Waals surface area contributed by atoms with Crippen molar-refractivity contribution in [2.45, 2.75) is 30.7 Å². The molecule has 5 atom stereocenters. The number of hydrogen-bond acceptors (Lipinski definition) is 9. The highest BCUT2D eigenvalue weighted by molar-refractivity contribution is 5.77. The first-order chi connectivity index (χ1) is 13.0. The summed E-state index contributed by atoms with van der Waals surface area (Å²) in [5.41, 5.74) is 1.20. The van der Waals surface area contributed by atoms with Crippen molar-refractivity contribution >= 4 is 11.1 Å². The SMILES string of the molecule is O=c1ccc2nc3ccc(O[C@@H]4O[C@@H](CO)[C@H](O)[C@H](O)[C@@H]4O)cc3oc-2c1. The van der Waals surface area contributed by atoms with E-state index in [-0.39, 0.29) is 11.2 Å². The van der Waals surface area contributed by atoms with E-state index < -0.39 is 37.3 Å². The smallest absolute Gasteiger partial charge is 0.229 e. The molecule has 27 heavy (non-hydrogen) atoms. The molecule has 1 saturated heterocycles. The normalized spacial score (nSPS) is 28.5. The van der Waals surface area contributed by atoms with Crippen LogP contribution in [0.5, 0.6) is 5.75 Å². The summed E-state index contributed by atoms with van der Waals surface area (Å²) in [4.78, 5) is 15.9. The minimum atomic E-state index is -1.54. The third-order valence-electron chi connectivity index (χ3n) is 4.42. The lowest BCUT2D eigenvalue weighted by Crippen LogP contribution is -2.60. The van der Waals surface area contributed by atoms with Crippen molar-refractivity contribution in [2.75, 3.05) is 6.61 Å². The van der Waals surface area contributed by atoms with Crippen LogP contribution in [-0.2, 0) is 4.74 Å². The molecule has 9 heteroatoms. The largest absolute Gasteiger partial charge is 0.462 e. The van der Waals surface area contributed by atoms with Crippen molar-refractivity contribution in [3.8, 4) is 17.2 Å². The summed E-state index contributed by atoms with van der Waals surface area (Å²) >= 11 is 0. The van der Waals surface area contributed by atoms with Crippen LogP contribution in [0.3, 0.4) is 0 Å². The van der Waals surface area contributed by atoms with E-state index >= 15 is 0 Å². The van der Waals surface area contributed by atoms with E-state index in [0.29, 0.717) is 22.6 Å². The zero-order valence-corrected chi connectivity index (χ0v) is 13.9. The van der Waals surface area contributed by atoms with Crippen LogP contribution in [0.1, 0.15) is 0 Å². The maximum atomic E-state index is 11.5. The van der Waals surface area contributed by atoms with E-state index in [1.807, 2.05) is 0 Å². The summed E-state index contributed by atoms with van der Waals surface area (Å²) < 4.78 is 16.6. The lowest BCUT2D eigenvalue weighted by Gasteiger charge is -2.39. The van der Waals surface area contributed by atoms with Crippen molar-refractivity contribution in [3.05, 3.63) is 46.6 Å². The number of aromatic nitrogens is 1. The van der Waals surface area contributed by atoms with E-state index in [4.69, 9.17) is 13.9 Å². The molecule has 0 saturated carbocycles. The van der Waals surface area contributed by atoms with Crippen LogP contribution < -0.4 is 10.2 Å². The molecule has 1 aromatic carbocycles. The molecule has 4 rings (SSSR count). The number of hydrogen-bond donors (Lipinski definition) is 4. The molecule has 9 nitrogen and oxygen atoms in total. The van der Waals surface area contributed by atoms with Crippen LogP contribution in [0.25, 0.3) is 22.6 Å². The molecule has 1 aliphatic carbocycles. The van der Waals surface area contributed by atoms with Crippen molar-refractivity contribution < 1.29 is 34.3 Å². The minimum absolute atomic E-state index is 0.207. The predicted octanol–water partition coefficient (Wildman–Crippen LogP) is -0.529. The van der Waals surface area contributed by atoms with Crippen LogP contribution in [-0.4, -0.2) is 62.7 Å². The van der Waals surface area contributed by atoms with Gasteiger partial charge < -0.3 is 34.3 Å². The minimum Gasteiger partial charge on any atom is -0.462 e. The molecule has 0 amide bonds. The Morgan fingerprint density at radius 2 is 1.85 bits per heavy atom. The second-order valence-corrected chi connectivity index (χ2v) is 6.29. The molecular formula is C18H17NO8. The molecule has 3 aliphatic rings. The molecular weight excluding hydrogens is 358 g/mol. The summed E-state index contributed by atoms with van der Waals surface area (Å²) in [7, 11) is 0. The Kier molecular flexibility index (Phi) is 4.54. The molecule has 0 aromatic heterocycles. The van der Waals surface area contributed by atoms with Gasteiger partial charge in [0.15, 0.2) is 16.8 Å². The monoisotopic (exact) mass is 375 g/mol. The first-order valence-corrected chi connectivity index (χ1v) is 8.28. The molecule has 0 unspecified atom stereocenters. The third-order valence-corrected chi connectivity index (χ3v) is 4.42. The van der Waals surface area contributed by atoms with E-state index in [9.17, 15) is 25.2 Å². The molecule has 142 valence electrons. The van der Waals surface area contributed by atoms with Crippen LogP contribution >= 0.6 is 0 Å². The van der Waals surface area contributed by atoms with Crippen LogP contribution in [0.4, 0.5) is 0 Å². The molecule has 1 fully saturated rings. The van der Waals surface area contributed by atoms with Crippen LogP contribution in [0.2, 0.25) is 0 Å². The second kappa shape index (κ2) is 6.87. The molecule has 0 radical (unpaired) electrons. The molecule has 2 heterocycles. The lowest BCUT2D eigenvalue weighted by atomic mass is 9.99. The van der Waals surface area contributed by atoms with Gasteiger partial charge in [-0.15, -0.1) is 0 Å². The topological polar surface area (TPSA) is 142 Å². The van der Waals surface area contributed by atoms with Crippen molar-refractivity contribution in [1.29, 1.82) is 0 Å². The summed E-state index contributed by atoms with van der Waals surface area (Å²) in [5.74, 6) is 0.565. The number of benzene rings is 2. The van der Waals surface area contributed by atoms with E-state index in [2.05, 4.69) is 4.98 Å². The lowest BCUT2D eigenvalue weighted by molar-refractivity contribution is -0.277. The number of aliphatic hydroxyl groups excluding tert-OH is 4. The maximum absolute atomic E-state index is 11.5. The number of aliphatic hydroxyl groups is 4. The average Bonchev–Trinajstić information content (AvgIpc) is 2.66. The van der Waals surface area contributed by atoms with Gasteiger partial charge in [-0.05, 0) is 24.3 Å². The van der Waals surface area contributed by atoms with Gasteiger partial charge in [-0.3, -0.25) is 4.79 Å². The Labute approximate surface area is 152 Å². The highest BCUT2D eigenvalue weighted by Crippen LogP contribution is 2.29. The van der Waals surface area contributed by atoms with Crippen molar-refractivity contribution in [2.24, 2.45) is 0 Å². The number of rotatable bonds is 3. The summed E-state index contributed by atoms with van der Waals surface area (Å²) in [6.45, 7) is -0.550. The van der Waals surface area contributed by atoms with Gasteiger partial charge in [0, 0.05) is 12.1 Å². The first-order valence-electron chi connectivity index (χ1n) is 8.28. The fourth-order valence-electron chi connectivity index (χ4n) is 2.96. The fraction of sp³-hybridized carbons (Fsp3) is 0.333. The van der Waals surface area contributed by atoms with Crippen LogP contribution in [0.15, 0.2) is 45.6 Å². The Morgan fingerprint density at radius 3 is 2.63 bits per heavy atom. The molecule has 2 aliphatic heterocycles. The Bertz CT molecular complexity index is 987. The van der Waals surface area contributed by atoms with Gasteiger partial charge in [-0.2, -0.15) is 0 Å². The number of ether oxygens (including phenoxy) is 2. The van der Waals surface area contributed by atoms with Gasteiger partial charge in [0.05, 0.1) is 6.61 Å². The van der Waals surface area contributed by atoms with E-state index in [0.717, 1.165) is 0 Å². The maximum Gasteiger partial charge on any atom is 0.229 e. The van der Waals surface area contributed by atoms with Crippen molar-refractivity contribution in [3.63, 3.8) is 0 Å². The summed E-state index contributed by atoms with van der Waals surface area (Å²) in [5, 5.41) is 38.9. The molecule has 0 spiro atoms. The van der Waals surface area contributed by atoms with E-state index in [1.54, 1.807) is 18.2 Å². The van der Waals surface area contributed by atoms with Gasteiger partial charge in [0.25, 0.3) is 0 Å². The second-order valence-electron chi connectivity index (χ2n) is 6.29.